The van der Waals surface area contributed by atoms with Crippen LogP contribution in [0.15, 0.2) is 60.4 Å². The standard InChI is InChI=1S/C19H16BFNO3/c21-18-4-2-1-3-17(18)14-7-5-13(6-8-14)9-16-10-15(11-23)19(25)22(16)20-12-24/h1-8,11-12,16,23H,9-10H2/b15-11-/t16-/m1/s1. The third kappa shape index (κ3) is 3.48. The molecule has 1 saturated heterocycles. The number of carbonyl (C=O) groups is 2. The van der Waals surface area contributed by atoms with Crippen LogP contribution in [0.4, 0.5) is 4.39 Å². The van der Waals surface area contributed by atoms with Crippen LogP contribution in [0.25, 0.3) is 11.1 Å². The highest BCUT2D eigenvalue weighted by atomic mass is 19.1. The Morgan fingerprint density at radius 3 is 2.56 bits per heavy atom. The van der Waals surface area contributed by atoms with Crippen molar-refractivity contribution in [3.63, 3.8) is 0 Å². The van der Waals surface area contributed by atoms with Gasteiger partial charge in [0.05, 0.1) is 11.8 Å². The molecule has 0 unspecified atom stereocenters. The topological polar surface area (TPSA) is 57.6 Å². The summed E-state index contributed by atoms with van der Waals surface area (Å²) in [6.07, 6.45) is 2.27. The molecule has 1 N–H and O–H groups in total. The van der Waals surface area contributed by atoms with E-state index in [0.717, 1.165) is 17.4 Å². The quantitative estimate of drug-likeness (QED) is 0.395. The van der Waals surface area contributed by atoms with E-state index in [1.54, 1.807) is 18.2 Å². The lowest BCUT2D eigenvalue weighted by atomic mass is 9.91. The largest absolute Gasteiger partial charge is 0.515 e. The molecule has 3 rings (SSSR count). The first-order valence-electron chi connectivity index (χ1n) is 7.92. The number of benzene rings is 2. The van der Waals surface area contributed by atoms with Gasteiger partial charge >= 0.3 is 7.41 Å². The van der Waals surface area contributed by atoms with Gasteiger partial charge in [-0.3, -0.25) is 4.79 Å². The predicted octanol–water partition coefficient (Wildman–Crippen LogP) is 2.89. The number of hydrogen-bond acceptors (Lipinski definition) is 3. The van der Waals surface area contributed by atoms with E-state index in [1.807, 2.05) is 24.3 Å². The fourth-order valence-corrected chi connectivity index (χ4v) is 3.09. The highest BCUT2D eigenvalue weighted by molar-refractivity contribution is 6.66. The molecule has 1 atom stereocenters. The Morgan fingerprint density at radius 2 is 1.92 bits per heavy atom. The molecular weight excluding hydrogens is 320 g/mol. The lowest BCUT2D eigenvalue weighted by molar-refractivity contribution is -0.121. The Hall–Kier alpha value is -2.89. The van der Waals surface area contributed by atoms with Crippen molar-refractivity contribution in [1.82, 2.24) is 4.81 Å². The number of nitrogens with zero attached hydrogens (tertiary/aromatic N) is 1. The second kappa shape index (κ2) is 7.34. The Bertz CT molecular complexity index is 820. The fraction of sp³-hybridized carbons (Fsp3) is 0.158. The average molecular weight is 336 g/mol. The number of aliphatic hydroxyl groups excluding tert-OH is 1. The van der Waals surface area contributed by atoms with E-state index in [9.17, 15) is 14.0 Å². The van der Waals surface area contributed by atoms with E-state index in [-0.39, 0.29) is 23.3 Å². The molecule has 25 heavy (non-hydrogen) atoms. The van der Waals surface area contributed by atoms with Crippen LogP contribution in [-0.4, -0.2) is 35.5 Å². The van der Waals surface area contributed by atoms with Crippen molar-refractivity contribution in [3.05, 3.63) is 71.7 Å². The SMILES string of the molecule is O=C[B]N1C(=O)/C(=C\O)C[C@H]1Cc1ccc(-c2ccccc2F)cc1. The molecule has 1 radical (unpaired) electrons. The molecule has 1 aliphatic heterocycles. The molecule has 0 saturated carbocycles. The average Bonchev–Trinajstić information content (AvgIpc) is 2.92. The van der Waals surface area contributed by atoms with E-state index in [4.69, 9.17) is 5.11 Å². The van der Waals surface area contributed by atoms with Gasteiger partial charge in [-0.15, -0.1) is 0 Å². The Balaban J connectivity index is 1.78. The van der Waals surface area contributed by atoms with Gasteiger partial charge in [-0.25, -0.2) is 4.39 Å². The third-order valence-corrected chi connectivity index (χ3v) is 4.35. The number of hydrogen-bond donors (Lipinski definition) is 1. The van der Waals surface area contributed by atoms with Gasteiger partial charge < -0.3 is 14.7 Å². The molecule has 125 valence electrons. The van der Waals surface area contributed by atoms with Crippen molar-refractivity contribution in [2.24, 2.45) is 0 Å². The summed E-state index contributed by atoms with van der Waals surface area (Å²) in [5, 5.41) is 9.15. The van der Waals surface area contributed by atoms with Crippen molar-refractivity contribution in [1.29, 1.82) is 0 Å². The maximum atomic E-state index is 13.9. The molecule has 6 heteroatoms. The van der Waals surface area contributed by atoms with E-state index >= 15 is 0 Å². The minimum atomic E-state index is -0.359. The molecule has 1 amide bonds. The van der Waals surface area contributed by atoms with E-state index < -0.39 is 0 Å². The summed E-state index contributed by atoms with van der Waals surface area (Å²) in [7, 11) is 1.19. The molecule has 2 aromatic carbocycles. The van der Waals surface area contributed by atoms with Gasteiger partial charge in [-0.05, 0) is 23.6 Å². The maximum absolute atomic E-state index is 13.9. The van der Waals surface area contributed by atoms with Gasteiger partial charge in [-0.2, -0.15) is 0 Å². The molecule has 0 aliphatic carbocycles. The molecule has 0 spiro atoms. The lowest BCUT2D eigenvalue weighted by Crippen LogP contribution is -2.38. The zero-order chi connectivity index (χ0) is 17.8. The van der Waals surface area contributed by atoms with Gasteiger partial charge in [-0.1, -0.05) is 42.5 Å². The van der Waals surface area contributed by atoms with Crippen LogP contribution < -0.4 is 0 Å². The van der Waals surface area contributed by atoms with E-state index in [0.29, 0.717) is 24.6 Å². The second-order valence-corrected chi connectivity index (χ2v) is 5.89. The summed E-state index contributed by atoms with van der Waals surface area (Å²) in [5.41, 5.74) is 2.55. The first kappa shape index (κ1) is 17.0. The molecular formula is C19H16BFNO3. The third-order valence-electron chi connectivity index (χ3n) is 4.35. The highest BCUT2D eigenvalue weighted by Crippen LogP contribution is 2.27. The van der Waals surface area contributed by atoms with E-state index in [1.165, 1.54) is 18.3 Å². The Labute approximate surface area is 145 Å². The first-order chi connectivity index (χ1) is 12.1. The molecule has 1 heterocycles. The van der Waals surface area contributed by atoms with Gasteiger partial charge in [0.25, 0.3) is 0 Å². The number of carbonyl (C=O) groups excluding carboxylic acids is 2. The summed E-state index contributed by atoms with van der Waals surface area (Å²) in [5.74, 6) is -0.635. The summed E-state index contributed by atoms with van der Waals surface area (Å²) in [6, 6.07) is 13.8. The number of amides is 1. The fourth-order valence-electron chi connectivity index (χ4n) is 3.09. The van der Waals surface area contributed by atoms with Crippen LogP contribution in [0.5, 0.6) is 0 Å². The first-order valence-corrected chi connectivity index (χ1v) is 7.92. The Kier molecular flexibility index (Phi) is 4.98. The maximum Gasteiger partial charge on any atom is 0.331 e. The van der Waals surface area contributed by atoms with Crippen LogP contribution in [-0.2, 0) is 16.0 Å². The summed E-state index contributed by atoms with van der Waals surface area (Å²) in [6.45, 7) is 0. The van der Waals surface area contributed by atoms with Gasteiger partial charge in [0.15, 0.2) is 0 Å². The second-order valence-electron chi connectivity index (χ2n) is 5.89. The lowest BCUT2D eigenvalue weighted by Gasteiger charge is -2.22. The highest BCUT2D eigenvalue weighted by Gasteiger charge is 2.35. The minimum absolute atomic E-state index is 0.226. The molecule has 4 nitrogen and oxygen atoms in total. The normalized spacial score (nSPS) is 18.6. The number of aliphatic hydroxyl groups is 1. The predicted molar refractivity (Wildman–Crippen MR) is 94.0 cm³/mol. The van der Waals surface area contributed by atoms with E-state index in [2.05, 4.69) is 0 Å². The van der Waals surface area contributed by atoms with Crippen molar-refractivity contribution in [2.75, 3.05) is 0 Å². The van der Waals surface area contributed by atoms with Gasteiger partial charge in [0.1, 0.15) is 12.0 Å². The number of halogens is 1. The van der Waals surface area contributed by atoms with Crippen LogP contribution in [0.3, 0.4) is 0 Å². The molecule has 0 aromatic heterocycles. The number of rotatable bonds is 5. The van der Waals surface area contributed by atoms with Crippen molar-refractivity contribution >= 4 is 19.5 Å². The monoisotopic (exact) mass is 336 g/mol. The van der Waals surface area contributed by atoms with Crippen LogP contribution >= 0.6 is 0 Å². The molecule has 0 bridgehead atoms. The van der Waals surface area contributed by atoms with Crippen molar-refractivity contribution in [3.8, 4) is 11.1 Å². The van der Waals surface area contributed by atoms with Crippen molar-refractivity contribution in [2.45, 2.75) is 18.9 Å². The molecule has 1 fully saturated rings. The smallest absolute Gasteiger partial charge is 0.331 e. The Morgan fingerprint density at radius 1 is 1.20 bits per heavy atom. The molecule has 1 aliphatic rings. The summed E-state index contributed by atoms with van der Waals surface area (Å²) in [4.78, 5) is 24.2. The summed E-state index contributed by atoms with van der Waals surface area (Å²) < 4.78 is 13.9. The van der Waals surface area contributed by atoms with Crippen molar-refractivity contribution < 1.29 is 19.1 Å². The summed E-state index contributed by atoms with van der Waals surface area (Å²) >= 11 is 0. The minimum Gasteiger partial charge on any atom is -0.515 e. The van der Waals surface area contributed by atoms with Gasteiger partial charge in [0, 0.05) is 18.0 Å². The zero-order valence-electron chi connectivity index (χ0n) is 13.4. The zero-order valence-corrected chi connectivity index (χ0v) is 13.4. The van der Waals surface area contributed by atoms with Crippen LogP contribution in [0.1, 0.15) is 12.0 Å². The van der Waals surface area contributed by atoms with Crippen LogP contribution in [0, 0.1) is 5.82 Å². The molecule has 2 aromatic rings. The van der Waals surface area contributed by atoms with Crippen LogP contribution in [0.2, 0.25) is 0 Å². The van der Waals surface area contributed by atoms with Gasteiger partial charge in [0.2, 0.25) is 5.91 Å².